The SMILES string of the molecule is CN=C(NCc1cccc(COCC(F)(F)F)c1)NC1CCN(CCOC)CC1. The van der Waals surface area contributed by atoms with E-state index in [1.807, 2.05) is 18.2 Å². The molecule has 0 saturated carbocycles. The molecule has 29 heavy (non-hydrogen) atoms. The summed E-state index contributed by atoms with van der Waals surface area (Å²) in [4.78, 5) is 6.67. The van der Waals surface area contributed by atoms with E-state index < -0.39 is 12.8 Å². The summed E-state index contributed by atoms with van der Waals surface area (Å²) in [7, 11) is 3.44. The fourth-order valence-corrected chi connectivity index (χ4v) is 3.21. The molecule has 1 aliphatic rings. The Labute approximate surface area is 170 Å². The summed E-state index contributed by atoms with van der Waals surface area (Å²) in [5.74, 6) is 0.721. The highest BCUT2D eigenvalue weighted by atomic mass is 19.4. The molecule has 164 valence electrons. The molecule has 1 aromatic carbocycles. The number of ether oxygens (including phenoxy) is 2. The Morgan fingerprint density at radius 2 is 1.97 bits per heavy atom. The second-order valence-corrected chi connectivity index (χ2v) is 7.11. The van der Waals surface area contributed by atoms with Crippen LogP contribution in [0.1, 0.15) is 24.0 Å². The van der Waals surface area contributed by atoms with E-state index in [1.54, 1.807) is 20.2 Å². The Morgan fingerprint density at radius 3 is 2.62 bits per heavy atom. The Kier molecular flexibility index (Phi) is 9.69. The number of benzene rings is 1. The quantitative estimate of drug-likeness (QED) is 0.479. The lowest BCUT2D eigenvalue weighted by molar-refractivity contribution is -0.176. The third-order valence-corrected chi connectivity index (χ3v) is 4.75. The van der Waals surface area contributed by atoms with E-state index in [9.17, 15) is 13.2 Å². The second-order valence-electron chi connectivity index (χ2n) is 7.11. The van der Waals surface area contributed by atoms with Crippen molar-refractivity contribution in [3.05, 3.63) is 35.4 Å². The van der Waals surface area contributed by atoms with Gasteiger partial charge in [0.05, 0.1) is 13.2 Å². The predicted octanol–water partition coefficient (Wildman–Crippen LogP) is 2.54. The third-order valence-electron chi connectivity index (χ3n) is 4.75. The fourth-order valence-electron chi connectivity index (χ4n) is 3.21. The number of rotatable bonds is 9. The summed E-state index contributed by atoms with van der Waals surface area (Å²) in [6.07, 6.45) is -2.23. The molecule has 0 amide bonds. The van der Waals surface area contributed by atoms with Gasteiger partial charge in [0.15, 0.2) is 5.96 Å². The van der Waals surface area contributed by atoms with Crippen LogP contribution < -0.4 is 10.6 Å². The molecule has 2 rings (SSSR count). The molecular formula is C20H31F3N4O2. The van der Waals surface area contributed by atoms with Crippen LogP contribution in [-0.2, 0) is 22.6 Å². The Bertz CT molecular complexity index is 632. The molecule has 1 aliphatic heterocycles. The zero-order valence-corrected chi connectivity index (χ0v) is 17.1. The minimum Gasteiger partial charge on any atom is -0.383 e. The molecule has 9 heteroatoms. The van der Waals surface area contributed by atoms with Crippen molar-refractivity contribution < 1.29 is 22.6 Å². The first-order valence-electron chi connectivity index (χ1n) is 9.80. The first kappa shape index (κ1) is 23.4. The Hall–Kier alpha value is -1.84. The van der Waals surface area contributed by atoms with Crippen molar-refractivity contribution in [3.63, 3.8) is 0 Å². The number of halogens is 3. The fraction of sp³-hybridized carbons (Fsp3) is 0.650. The molecule has 0 spiro atoms. The van der Waals surface area contributed by atoms with Crippen molar-refractivity contribution in [2.75, 3.05) is 47.0 Å². The maximum absolute atomic E-state index is 12.2. The van der Waals surface area contributed by atoms with Gasteiger partial charge in [-0.15, -0.1) is 0 Å². The lowest BCUT2D eigenvalue weighted by Gasteiger charge is -2.32. The van der Waals surface area contributed by atoms with E-state index in [2.05, 4.69) is 20.5 Å². The molecule has 6 nitrogen and oxygen atoms in total. The third kappa shape index (κ3) is 9.47. The van der Waals surface area contributed by atoms with Crippen molar-refractivity contribution in [3.8, 4) is 0 Å². The van der Waals surface area contributed by atoms with E-state index in [0.717, 1.165) is 50.6 Å². The van der Waals surface area contributed by atoms with Crippen LogP contribution in [0.3, 0.4) is 0 Å². The summed E-state index contributed by atoms with van der Waals surface area (Å²) in [6, 6.07) is 7.69. The van der Waals surface area contributed by atoms with Crippen LogP contribution >= 0.6 is 0 Å². The number of aliphatic imine (C=N–C) groups is 1. The van der Waals surface area contributed by atoms with Crippen molar-refractivity contribution in [2.45, 2.75) is 38.2 Å². The first-order valence-corrected chi connectivity index (χ1v) is 9.80. The molecule has 0 aliphatic carbocycles. The smallest absolute Gasteiger partial charge is 0.383 e. The van der Waals surface area contributed by atoms with E-state index in [4.69, 9.17) is 9.47 Å². The van der Waals surface area contributed by atoms with Crippen LogP contribution in [0.15, 0.2) is 29.3 Å². The molecule has 2 N–H and O–H groups in total. The predicted molar refractivity (Wildman–Crippen MR) is 107 cm³/mol. The summed E-state index contributed by atoms with van der Waals surface area (Å²) < 4.78 is 46.4. The molecule has 0 bridgehead atoms. The normalized spacial score (nSPS) is 16.8. The molecule has 0 atom stereocenters. The number of piperidine rings is 1. The Morgan fingerprint density at radius 1 is 1.24 bits per heavy atom. The van der Waals surface area contributed by atoms with Crippen molar-refractivity contribution in [1.29, 1.82) is 0 Å². The summed E-state index contributed by atoms with van der Waals surface area (Å²) in [5.41, 5.74) is 1.66. The van der Waals surface area contributed by atoms with Gasteiger partial charge in [0, 0.05) is 46.4 Å². The van der Waals surface area contributed by atoms with Crippen molar-refractivity contribution in [1.82, 2.24) is 15.5 Å². The molecule has 1 aromatic rings. The first-order chi connectivity index (χ1) is 13.9. The van der Waals surface area contributed by atoms with Gasteiger partial charge in [-0.3, -0.25) is 4.99 Å². The summed E-state index contributed by atoms with van der Waals surface area (Å²) in [6.45, 7) is 2.98. The minimum absolute atomic E-state index is 0.0675. The van der Waals surface area contributed by atoms with Crippen molar-refractivity contribution >= 4 is 5.96 Å². The summed E-state index contributed by atoms with van der Waals surface area (Å²) >= 11 is 0. The zero-order chi connectivity index (χ0) is 21.1. The number of nitrogens with one attached hydrogen (secondary N) is 2. The van der Waals surface area contributed by atoms with Gasteiger partial charge in [0.2, 0.25) is 0 Å². The van der Waals surface area contributed by atoms with Crippen LogP contribution in [0.25, 0.3) is 0 Å². The lowest BCUT2D eigenvalue weighted by Crippen LogP contribution is -2.48. The molecular weight excluding hydrogens is 385 g/mol. The van der Waals surface area contributed by atoms with Crippen LogP contribution in [0.4, 0.5) is 13.2 Å². The highest BCUT2D eigenvalue weighted by Crippen LogP contribution is 2.16. The highest BCUT2D eigenvalue weighted by Gasteiger charge is 2.27. The van der Waals surface area contributed by atoms with Gasteiger partial charge in [-0.2, -0.15) is 13.2 Å². The van der Waals surface area contributed by atoms with Crippen LogP contribution in [0.2, 0.25) is 0 Å². The van der Waals surface area contributed by atoms with E-state index in [0.29, 0.717) is 18.2 Å². The minimum atomic E-state index is -4.31. The maximum Gasteiger partial charge on any atom is 0.411 e. The number of methoxy groups -OCH3 is 1. The van der Waals surface area contributed by atoms with Gasteiger partial charge in [-0.05, 0) is 24.0 Å². The standard InChI is InChI=1S/C20H31F3N4O2/c1-24-19(26-18-6-8-27(9-7-18)10-11-28-2)25-13-16-4-3-5-17(12-16)14-29-15-20(21,22)23/h3-5,12,18H,6-11,13-15H2,1-2H3,(H2,24,25,26). The van der Waals surface area contributed by atoms with E-state index in [1.165, 1.54) is 0 Å². The van der Waals surface area contributed by atoms with E-state index in [-0.39, 0.29) is 6.61 Å². The number of nitrogens with zero attached hydrogens (tertiary/aromatic N) is 2. The Balaban J connectivity index is 1.74. The van der Waals surface area contributed by atoms with Crippen LogP contribution in [0, 0.1) is 0 Å². The largest absolute Gasteiger partial charge is 0.411 e. The molecule has 1 saturated heterocycles. The van der Waals surface area contributed by atoms with Gasteiger partial charge in [0.1, 0.15) is 6.61 Å². The topological polar surface area (TPSA) is 58.1 Å². The van der Waals surface area contributed by atoms with E-state index >= 15 is 0 Å². The van der Waals surface area contributed by atoms with Crippen LogP contribution in [0.5, 0.6) is 0 Å². The average molecular weight is 416 g/mol. The molecule has 0 aromatic heterocycles. The van der Waals surface area contributed by atoms with Gasteiger partial charge in [-0.1, -0.05) is 24.3 Å². The zero-order valence-electron chi connectivity index (χ0n) is 17.1. The number of likely N-dealkylation sites (tertiary alicyclic amines) is 1. The molecule has 1 fully saturated rings. The number of hydrogen-bond donors (Lipinski definition) is 2. The van der Waals surface area contributed by atoms with Gasteiger partial charge >= 0.3 is 6.18 Å². The van der Waals surface area contributed by atoms with Gasteiger partial charge in [0.25, 0.3) is 0 Å². The average Bonchev–Trinajstić information content (AvgIpc) is 2.70. The molecule has 0 radical (unpaired) electrons. The van der Waals surface area contributed by atoms with Crippen molar-refractivity contribution in [2.24, 2.45) is 4.99 Å². The number of hydrogen-bond acceptors (Lipinski definition) is 4. The monoisotopic (exact) mass is 416 g/mol. The van der Waals surface area contributed by atoms with Gasteiger partial charge in [-0.25, -0.2) is 0 Å². The number of alkyl halides is 3. The highest BCUT2D eigenvalue weighted by molar-refractivity contribution is 5.79. The molecule has 1 heterocycles. The summed E-state index contributed by atoms with van der Waals surface area (Å²) in [5, 5.41) is 6.72. The van der Waals surface area contributed by atoms with Gasteiger partial charge < -0.3 is 25.0 Å². The maximum atomic E-state index is 12.2. The molecule has 0 unspecified atom stereocenters. The van der Waals surface area contributed by atoms with Crippen LogP contribution in [-0.4, -0.2) is 70.1 Å². The lowest BCUT2D eigenvalue weighted by atomic mass is 10.1. The number of guanidine groups is 1. The second kappa shape index (κ2) is 12.0.